The summed E-state index contributed by atoms with van der Waals surface area (Å²) in [6.07, 6.45) is 3.24. The van der Waals surface area contributed by atoms with Gasteiger partial charge in [-0.25, -0.2) is 4.98 Å². The first kappa shape index (κ1) is 18.9. The van der Waals surface area contributed by atoms with Gasteiger partial charge in [-0.15, -0.1) is 24.0 Å². The van der Waals surface area contributed by atoms with E-state index in [0.29, 0.717) is 0 Å². The number of hydrogen-bond acceptors (Lipinski definition) is 3. The van der Waals surface area contributed by atoms with Gasteiger partial charge in [0, 0.05) is 31.7 Å². The van der Waals surface area contributed by atoms with Crippen molar-refractivity contribution in [2.75, 3.05) is 20.6 Å². The van der Waals surface area contributed by atoms with E-state index < -0.39 is 0 Å². The molecule has 2 rings (SSSR count). The Morgan fingerprint density at radius 3 is 2.82 bits per heavy atom. The average Bonchev–Trinajstić information content (AvgIpc) is 2.99. The van der Waals surface area contributed by atoms with Gasteiger partial charge in [-0.3, -0.25) is 9.67 Å². The van der Waals surface area contributed by atoms with Crippen LogP contribution < -0.4 is 5.32 Å². The Hall–Kier alpha value is -1.16. The van der Waals surface area contributed by atoms with Crippen LogP contribution in [-0.2, 0) is 13.1 Å². The molecule has 0 unspecified atom stereocenters. The van der Waals surface area contributed by atoms with Crippen LogP contribution >= 0.6 is 39.9 Å². The lowest BCUT2D eigenvalue weighted by atomic mass is 10.2. The monoisotopic (exact) mass is 478 g/mol. The third-order valence-electron chi connectivity index (χ3n) is 3.03. The zero-order valence-electron chi connectivity index (χ0n) is 12.6. The first-order valence-electron chi connectivity index (χ1n) is 6.68. The maximum absolute atomic E-state index is 4.30. The summed E-state index contributed by atoms with van der Waals surface area (Å²) in [5, 5.41) is 7.39. The Kier molecular flexibility index (Phi) is 8.39. The molecule has 0 bridgehead atoms. The van der Waals surface area contributed by atoms with Crippen LogP contribution in [0.25, 0.3) is 0 Å². The lowest BCUT2D eigenvalue weighted by molar-refractivity contribution is 0.469. The molecular formula is C14H20BrIN6. The number of aliphatic imine (C=N–C) groups is 1. The van der Waals surface area contributed by atoms with Gasteiger partial charge in [-0.05, 0) is 11.6 Å². The van der Waals surface area contributed by atoms with E-state index in [9.17, 15) is 0 Å². The summed E-state index contributed by atoms with van der Waals surface area (Å²) in [5.74, 6) is 0.853. The van der Waals surface area contributed by atoms with Crippen LogP contribution in [0.3, 0.4) is 0 Å². The van der Waals surface area contributed by atoms with Crippen molar-refractivity contribution in [1.82, 2.24) is 25.0 Å². The van der Waals surface area contributed by atoms with Crippen molar-refractivity contribution < 1.29 is 0 Å². The van der Waals surface area contributed by atoms with Gasteiger partial charge >= 0.3 is 0 Å². The highest BCUT2D eigenvalue weighted by molar-refractivity contribution is 14.0. The van der Waals surface area contributed by atoms with Crippen LogP contribution in [-0.4, -0.2) is 46.3 Å². The van der Waals surface area contributed by atoms with Gasteiger partial charge in [0.2, 0.25) is 0 Å². The van der Waals surface area contributed by atoms with E-state index in [-0.39, 0.29) is 24.0 Å². The van der Waals surface area contributed by atoms with Crippen LogP contribution in [0.4, 0.5) is 0 Å². The number of rotatable bonds is 5. The van der Waals surface area contributed by atoms with E-state index in [1.54, 1.807) is 18.1 Å². The average molecular weight is 479 g/mol. The highest BCUT2D eigenvalue weighted by Gasteiger charge is 2.08. The molecule has 0 aliphatic heterocycles. The molecule has 0 saturated carbocycles. The van der Waals surface area contributed by atoms with Crippen molar-refractivity contribution in [3.05, 3.63) is 47.0 Å². The third-order valence-corrected chi connectivity index (χ3v) is 3.80. The Balaban J connectivity index is 0.00000242. The first-order valence-corrected chi connectivity index (χ1v) is 7.47. The van der Waals surface area contributed by atoms with Gasteiger partial charge in [0.25, 0.3) is 0 Å². The number of hydrogen-bond donors (Lipinski definition) is 1. The molecule has 0 fully saturated rings. The Labute approximate surface area is 156 Å². The minimum absolute atomic E-state index is 0. The highest BCUT2D eigenvalue weighted by Crippen LogP contribution is 2.17. The summed E-state index contributed by atoms with van der Waals surface area (Å²) < 4.78 is 2.89. The normalized spacial score (nSPS) is 11.0. The SMILES string of the molecule is CN=C(NCCn1cncn1)N(C)Cc1ccccc1Br.I. The number of nitrogens with zero attached hydrogens (tertiary/aromatic N) is 5. The third kappa shape index (κ3) is 5.56. The second-order valence-electron chi connectivity index (χ2n) is 4.58. The molecule has 0 amide bonds. The molecule has 1 aromatic heterocycles. The van der Waals surface area contributed by atoms with Gasteiger partial charge in [0.05, 0.1) is 6.54 Å². The molecule has 2 aromatic rings. The molecule has 1 heterocycles. The smallest absolute Gasteiger partial charge is 0.193 e. The molecule has 0 aliphatic carbocycles. The zero-order chi connectivity index (χ0) is 15.1. The molecule has 0 saturated heterocycles. The number of nitrogens with one attached hydrogen (secondary N) is 1. The molecule has 1 N–H and O–H groups in total. The van der Waals surface area contributed by atoms with Crippen LogP contribution in [0.1, 0.15) is 5.56 Å². The molecule has 120 valence electrons. The molecule has 22 heavy (non-hydrogen) atoms. The van der Waals surface area contributed by atoms with Crippen LogP contribution in [0.15, 0.2) is 46.4 Å². The summed E-state index contributed by atoms with van der Waals surface area (Å²) in [4.78, 5) is 10.3. The first-order chi connectivity index (χ1) is 10.2. The molecule has 0 radical (unpaired) electrons. The van der Waals surface area contributed by atoms with Crippen molar-refractivity contribution in [1.29, 1.82) is 0 Å². The maximum Gasteiger partial charge on any atom is 0.193 e. The fourth-order valence-electron chi connectivity index (χ4n) is 1.97. The summed E-state index contributed by atoms with van der Waals surface area (Å²) in [5.41, 5.74) is 1.22. The van der Waals surface area contributed by atoms with Gasteiger partial charge in [-0.1, -0.05) is 34.1 Å². The number of benzene rings is 1. The Morgan fingerprint density at radius 2 is 2.18 bits per heavy atom. The lowest BCUT2D eigenvalue weighted by Gasteiger charge is -2.22. The van der Waals surface area contributed by atoms with Gasteiger partial charge in [0.15, 0.2) is 5.96 Å². The van der Waals surface area contributed by atoms with Gasteiger partial charge < -0.3 is 10.2 Å². The summed E-state index contributed by atoms with van der Waals surface area (Å²) in [6, 6.07) is 8.20. The van der Waals surface area contributed by atoms with Crippen molar-refractivity contribution in [3.8, 4) is 0 Å². The second kappa shape index (κ2) is 9.78. The minimum atomic E-state index is 0. The maximum atomic E-state index is 4.30. The molecule has 0 spiro atoms. The molecule has 1 aromatic carbocycles. The quantitative estimate of drug-likeness (QED) is 0.407. The van der Waals surface area contributed by atoms with Gasteiger partial charge in [-0.2, -0.15) is 5.10 Å². The second-order valence-corrected chi connectivity index (χ2v) is 5.43. The van der Waals surface area contributed by atoms with Crippen LogP contribution in [0.5, 0.6) is 0 Å². The fourth-order valence-corrected chi connectivity index (χ4v) is 2.38. The topological polar surface area (TPSA) is 58.3 Å². The number of aromatic nitrogens is 3. The Bertz CT molecular complexity index is 587. The van der Waals surface area contributed by atoms with Crippen molar-refractivity contribution in [2.45, 2.75) is 13.1 Å². The van der Waals surface area contributed by atoms with E-state index in [1.165, 1.54) is 11.9 Å². The molecule has 0 atom stereocenters. The van der Waals surface area contributed by atoms with Crippen molar-refractivity contribution in [3.63, 3.8) is 0 Å². The van der Waals surface area contributed by atoms with E-state index >= 15 is 0 Å². The fraction of sp³-hybridized carbons (Fsp3) is 0.357. The standard InChI is InChI=1S/C14H19BrN6.HI/c1-16-14(18-7-8-21-11-17-10-19-21)20(2)9-12-5-3-4-6-13(12)15;/h3-6,10-11H,7-9H2,1-2H3,(H,16,18);1H. The molecule has 6 nitrogen and oxygen atoms in total. The molecule has 8 heteroatoms. The number of guanidine groups is 1. The van der Waals surface area contributed by atoms with E-state index in [4.69, 9.17) is 0 Å². The van der Waals surface area contributed by atoms with Crippen LogP contribution in [0, 0.1) is 0 Å². The predicted molar refractivity (Wildman–Crippen MR) is 102 cm³/mol. The summed E-state index contributed by atoms with van der Waals surface area (Å²) >= 11 is 3.57. The molecular weight excluding hydrogens is 459 g/mol. The lowest BCUT2D eigenvalue weighted by Crippen LogP contribution is -2.39. The highest BCUT2D eigenvalue weighted by atomic mass is 127. The predicted octanol–water partition coefficient (Wildman–Crippen LogP) is 2.37. The zero-order valence-corrected chi connectivity index (χ0v) is 16.5. The summed E-state index contributed by atoms with van der Waals surface area (Å²) in [7, 11) is 3.80. The summed E-state index contributed by atoms with van der Waals surface area (Å²) in [6.45, 7) is 2.28. The van der Waals surface area contributed by atoms with Crippen LogP contribution in [0.2, 0.25) is 0 Å². The van der Waals surface area contributed by atoms with E-state index in [2.05, 4.69) is 47.3 Å². The Morgan fingerprint density at radius 1 is 1.41 bits per heavy atom. The minimum Gasteiger partial charge on any atom is -0.354 e. The van der Waals surface area contributed by atoms with Crippen molar-refractivity contribution >= 4 is 45.9 Å². The van der Waals surface area contributed by atoms with Gasteiger partial charge in [0.1, 0.15) is 12.7 Å². The van der Waals surface area contributed by atoms with Crippen molar-refractivity contribution in [2.24, 2.45) is 4.99 Å². The largest absolute Gasteiger partial charge is 0.354 e. The van der Waals surface area contributed by atoms with E-state index in [0.717, 1.165) is 30.1 Å². The number of halogens is 2. The van der Waals surface area contributed by atoms with E-state index in [1.807, 2.05) is 25.2 Å². The molecule has 0 aliphatic rings.